The molecule has 1 aliphatic heterocycles. The van der Waals surface area contributed by atoms with Gasteiger partial charge in [-0.05, 0) is 120 Å². The van der Waals surface area contributed by atoms with E-state index in [4.69, 9.17) is 19.4 Å². The molecule has 3 N–H and O–H groups in total. The van der Waals surface area contributed by atoms with Gasteiger partial charge in [0.2, 0.25) is 0 Å². The molecule has 54 heavy (non-hydrogen) atoms. The van der Waals surface area contributed by atoms with Crippen LogP contribution in [0.5, 0.6) is 0 Å². The number of carbonyl (C=O) groups is 2. The predicted molar refractivity (Wildman–Crippen MR) is 211 cm³/mol. The smallest absolute Gasteiger partial charge is 0.410 e. The van der Waals surface area contributed by atoms with E-state index in [9.17, 15) is 9.59 Å². The van der Waals surface area contributed by atoms with Crippen molar-refractivity contribution in [3.8, 4) is 33.5 Å². The Morgan fingerprint density at radius 3 is 2.15 bits per heavy atom. The predicted octanol–water partition coefficient (Wildman–Crippen LogP) is 10.1. The van der Waals surface area contributed by atoms with Crippen LogP contribution in [-0.4, -0.2) is 54.8 Å². The number of fused-ring (bicyclic) bond motifs is 4. The number of aromatic nitrogens is 4. The molecule has 2 amide bonds. The van der Waals surface area contributed by atoms with Gasteiger partial charge in [-0.15, -0.1) is 0 Å². The number of aryl methyl sites for hydroxylation is 2. The third-order valence-electron chi connectivity index (χ3n) is 10.9. The zero-order chi connectivity index (χ0) is 37.8. The molecular weight excluding hydrogens is 677 g/mol. The molecule has 1 saturated heterocycles. The first-order chi connectivity index (χ1) is 25.7. The molecule has 8 rings (SSSR count). The number of alkyl carbamates (subject to hydrolysis) is 1. The Kier molecular flexibility index (Phi) is 9.05. The second-order valence-corrected chi connectivity index (χ2v) is 17.3. The maximum absolute atomic E-state index is 13.0. The van der Waals surface area contributed by atoms with Crippen LogP contribution in [0.3, 0.4) is 0 Å². The fraction of sp³-hybridized carbons (Fsp3) is 0.455. The quantitative estimate of drug-likeness (QED) is 0.165. The standard InChI is InChI=1S/C44H52N6O4/c1-42(2,3)53-40(51)49-44(22-8-7-9-23-44)39-46-33-20-17-30(26-35(33)47-39)28-14-12-27(13-15-28)29-16-19-32-31(25-29)18-21-34-37(32)48-38(45-34)36-11-10-24-50(36)41(52)54-43(4,5)6/h12-17,19-20,25-26,36H,7-11,18,21-24H2,1-6H3,(H,45,48)(H,46,47)(H,49,51). The summed E-state index contributed by atoms with van der Waals surface area (Å²) in [4.78, 5) is 44.9. The fourth-order valence-electron chi connectivity index (χ4n) is 8.40. The zero-order valence-electron chi connectivity index (χ0n) is 32.4. The summed E-state index contributed by atoms with van der Waals surface area (Å²) in [6, 6.07) is 21.7. The average molecular weight is 729 g/mol. The van der Waals surface area contributed by atoms with Crippen LogP contribution in [0.1, 0.15) is 115 Å². The molecule has 2 fully saturated rings. The molecule has 3 aliphatic rings. The van der Waals surface area contributed by atoms with Crippen molar-refractivity contribution >= 4 is 23.2 Å². The van der Waals surface area contributed by atoms with Gasteiger partial charge in [0, 0.05) is 12.1 Å². The maximum Gasteiger partial charge on any atom is 0.410 e. The van der Waals surface area contributed by atoms with Crippen molar-refractivity contribution in [2.75, 3.05) is 6.54 Å². The molecule has 1 unspecified atom stereocenters. The first kappa shape index (κ1) is 35.9. The molecule has 282 valence electrons. The van der Waals surface area contributed by atoms with Gasteiger partial charge in [0.15, 0.2) is 0 Å². The van der Waals surface area contributed by atoms with Gasteiger partial charge in [-0.25, -0.2) is 19.6 Å². The number of hydrogen-bond acceptors (Lipinski definition) is 6. The molecule has 3 heterocycles. The van der Waals surface area contributed by atoms with Gasteiger partial charge < -0.3 is 24.8 Å². The van der Waals surface area contributed by atoms with E-state index in [0.717, 1.165) is 109 Å². The van der Waals surface area contributed by atoms with Gasteiger partial charge in [0.05, 0.1) is 28.5 Å². The number of ether oxygens (including phenoxy) is 2. The molecule has 1 saturated carbocycles. The van der Waals surface area contributed by atoms with E-state index in [2.05, 4.69) is 75.9 Å². The maximum atomic E-state index is 13.0. The van der Waals surface area contributed by atoms with E-state index in [1.807, 2.05) is 46.4 Å². The molecule has 2 aliphatic carbocycles. The SMILES string of the molecule is CC(C)(C)OC(=O)NC1(c2nc3ccc(-c4ccc(-c5ccc6c(c5)CCc5nc(C7CCCN7C(=O)OC(C)(C)C)[nH]c5-6)cc4)cc3[nH]2)CCCCC1. The Labute approximate surface area is 317 Å². The lowest BCUT2D eigenvalue weighted by Crippen LogP contribution is -2.49. The Morgan fingerprint density at radius 2 is 1.44 bits per heavy atom. The van der Waals surface area contributed by atoms with Crippen molar-refractivity contribution in [1.29, 1.82) is 0 Å². The van der Waals surface area contributed by atoms with Crippen LogP contribution < -0.4 is 5.32 Å². The highest BCUT2D eigenvalue weighted by Crippen LogP contribution is 2.40. The number of carbonyl (C=O) groups excluding carboxylic acids is 2. The number of amides is 2. The van der Waals surface area contributed by atoms with Gasteiger partial charge in [0.1, 0.15) is 28.4 Å². The largest absolute Gasteiger partial charge is 0.444 e. The zero-order valence-corrected chi connectivity index (χ0v) is 32.4. The normalized spacial score (nSPS) is 18.3. The second-order valence-electron chi connectivity index (χ2n) is 17.3. The fourth-order valence-corrected chi connectivity index (χ4v) is 8.40. The van der Waals surface area contributed by atoms with Crippen LogP contribution in [0.2, 0.25) is 0 Å². The van der Waals surface area contributed by atoms with Crippen LogP contribution in [0.15, 0.2) is 60.7 Å². The average Bonchev–Trinajstić information content (AvgIpc) is 3.89. The van der Waals surface area contributed by atoms with E-state index in [1.54, 1.807) is 0 Å². The molecule has 10 nitrogen and oxygen atoms in total. The number of nitrogens with one attached hydrogen (secondary N) is 3. The summed E-state index contributed by atoms with van der Waals surface area (Å²) in [5, 5.41) is 3.21. The number of benzene rings is 3. The monoisotopic (exact) mass is 728 g/mol. The Morgan fingerprint density at radius 1 is 0.778 bits per heavy atom. The number of rotatable bonds is 5. The highest BCUT2D eigenvalue weighted by molar-refractivity contribution is 5.83. The van der Waals surface area contributed by atoms with Crippen LogP contribution >= 0.6 is 0 Å². The van der Waals surface area contributed by atoms with Gasteiger partial charge in [-0.3, -0.25) is 4.90 Å². The minimum atomic E-state index is -0.573. The summed E-state index contributed by atoms with van der Waals surface area (Å²) < 4.78 is 11.4. The van der Waals surface area contributed by atoms with Crippen molar-refractivity contribution < 1.29 is 19.1 Å². The molecule has 5 aromatic rings. The number of aromatic amines is 2. The van der Waals surface area contributed by atoms with Crippen LogP contribution in [0, 0.1) is 0 Å². The first-order valence-corrected chi connectivity index (χ1v) is 19.6. The molecule has 10 heteroatoms. The molecule has 3 aromatic carbocycles. The third kappa shape index (κ3) is 7.22. The Balaban J connectivity index is 0.998. The Bertz CT molecular complexity index is 2200. The Hall–Kier alpha value is -5.12. The summed E-state index contributed by atoms with van der Waals surface area (Å²) in [6.45, 7) is 12.0. The van der Waals surface area contributed by atoms with Crippen LogP contribution in [-0.2, 0) is 27.9 Å². The lowest BCUT2D eigenvalue weighted by Gasteiger charge is -2.36. The van der Waals surface area contributed by atoms with E-state index in [1.165, 1.54) is 16.7 Å². The molecule has 0 bridgehead atoms. The number of nitrogens with zero attached hydrogens (tertiary/aromatic N) is 3. The van der Waals surface area contributed by atoms with Crippen molar-refractivity contribution in [1.82, 2.24) is 30.2 Å². The summed E-state index contributed by atoms with van der Waals surface area (Å²) in [5.41, 5.74) is 9.33. The van der Waals surface area contributed by atoms with E-state index in [0.29, 0.717) is 6.54 Å². The van der Waals surface area contributed by atoms with E-state index in [-0.39, 0.29) is 12.1 Å². The molecule has 2 aromatic heterocycles. The number of imidazole rings is 2. The van der Waals surface area contributed by atoms with Gasteiger partial charge in [-0.2, -0.15) is 0 Å². The van der Waals surface area contributed by atoms with Gasteiger partial charge in [-0.1, -0.05) is 67.8 Å². The van der Waals surface area contributed by atoms with E-state index < -0.39 is 22.8 Å². The summed E-state index contributed by atoms with van der Waals surface area (Å²) in [6.07, 6.45) is 7.74. The summed E-state index contributed by atoms with van der Waals surface area (Å²) in [7, 11) is 0. The van der Waals surface area contributed by atoms with Crippen molar-refractivity contribution in [3.05, 3.63) is 83.6 Å². The first-order valence-electron chi connectivity index (χ1n) is 19.6. The minimum Gasteiger partial charge on any atom is -0.444 e. The lowest BCUT2D eigenvalue weighted by atomic mass is 9.81. The molecular formula is C44H52N6O4. The number of H-pyrrole nitrogens is 2. The van der Waals surface area contributed by atoms with E-state index >= 15 is 0 Å². The highest BCUT2D eigenvalue weighted by atomic mass is 16.6. The minimum absolute atomic E-state index is 0.0996. The topological polar surface area (TPSA) is 125 Å². The van der Waals surface area contributed by atoms with Gasteiger partial charge >= 0.3 is 12.2 Å². The summed E-state index contributed by atoms with van der Waals surface area (Å²) in [5.74, 6) is 1.65. The van der Waals surface area contributed by atoms with Crippen molar-refractivity contribution in [3.63, 3.8) is 0 Å². The highest BCUT2D eigenvalue weighted by Gasteiger charge is 2.40. The second kappa shape index (κ2) is 13.6. The van der Waals surface area contributed by atoms with Crippen LogP contribution in [0.25, 0.3) is 44.5 Å². The number of hydrogen-bond donors (Lipinski definition) is 3. The third-order valence-corrected chi connectivity index (χ3v) is 10.9. The molecule has 0 spiro atoms. The van der Waals surface area contributed by atoms with Gasteiger partial charge in [0.25, 0.3) is 0 Å². The lowest BCUT2D eigenvalue weighted by molar-refractivity contribution is 0.0218. The number of likely N-dealkylation sites (tertiary alicyclic amines) is 1. The molecule has 0 radical (unpaired) electrons. The van der Waals surface area contributed by atoms with Crippen molar-refractivity contribution in [2.24, 2.45) is 0 Å². The van der Waals surface area contributed by atoms with Crippen molar-refractivity contribution in [2.45, 2.75) is 122 Å². The summed E-state index contributed by atoms with van der Waals surface area (Å²) >= 11 is 0. The molecule has 1 atom stereocenters. The van der Waals surface area contributed by atoms with Crippen LogP contribution in [0.4, 0.5) is 9.59 Å².